The van der Waals surface area contributed by atoms with Crippen LogP contribution in [0.5, 0.6) is 0 Å². The number of carboxylic acids is 1. The maximum atomic E-state index is 11.4. The molecule has 3 heteroatoms. The first-order chi connectivity index (χ1) is 7.95. The van der Waals surface area contributed by atoms with Crippen molar-refractivity contribution in [3.8, 4) is 0 Å². The highest BCUT2D eigenvalue weighted by atomic mass is 35.5. The van der Waals surface area contributed by atoms with Crippen molar-refractivity contribution in [3.63, 3.8) is 0 Å². The summed E-state index contributed by atoms with van der Waals surface area (Å²) in [5.41, 5.74) is 1.31. The van der Waals surface area contributed by atoms with Crippen LogP contribution in [-0.4, -0.2) is 11.1 Å². The van der Waals surface area contributed by atoms with Crippen molar-refractivity contribution in [2.75, 3.05) is 0 Å². The molecular weight excluding hydrogens is 236 g/mol. The molecule has 0 aromatic heterocycles. The first kappa shape index (κ1) is 14.0. The van der Waals surface area contributed by atoms with Gasteiger partial charge in [-0.05, 0) is 43.4 Å². The Balaban J connectivity index is 3.05. The Hall–Kier alpha value is -1.02. The molecule has 1 aromatic rings. The molecule has 0 fully saturated rings. The van der Waals surface area contributed by atoms with Crippen LogP contribution >= 0.6 is 11.6 Å². The van der Waals surface area contributed by atoms with Crippen molar-refractivity contribution >= 4 is 17.6 Å². The fourth-order valence-corrected chi connectivity index (χ4v) is 2.34. The molecular formula is C14H19ClO2. The highest BCUT2D eigenvalue weighted by molar-refractivity contribution is 6.31. The molecule has 0 heterocycles. The van der Waals surface area contributed by atoms with Crippen LogP contribution in [0.2, 0.25) is 5.02 Å². The van der Waals surface area contributed by atoms with Gasteiger partial charge in [0, 0.05) is 5.02 Å². The van der Waals surface area contributed by atoms with Gasteiger partial charge >= 0.3 is 5.97 Å². The zero-order valence-electron chi connectivity index (χ0n) is 10.6. The molecule has 0 atom stereocenters. The molecule has 0 aliphatic rings. The number of rotatable bonds is 5. The molecule has 0 spiro atoms. The maximum absolute atomic E-state index is 11.4. The number of aryl methyl sites for hydroxylation is 1. The van der Waals surface area contributed by atoms with E-state index < -0.39 is 11.4 Å². The second-order valence-corrected chi connectivity index (χ2v) is 4.97. The molecule has 2 nitrogen and oxygen atoms in total. The Kier molecular flexibility index (Phi) is 4.58. The van der Waals surface area contributed by atoms with Gasteiger partial charge in [-0.15, -0.1) is 0 Å². The van der Waals surface area contributed by atoms with Gasteiger partial charge in [0.15, 0.2) is 0 Å². The smallest absolute Gasteiger partial charge is 0.309 e. The quantitative estimate of drug-likeness (QED) is 0.860. The number of benzene rings is 1. The number of halogens is 1. The summed E-state index contributed by atoms with van der Waals surface area (Å²) in [5.74, 6) is -0.737. The molecule has 1 N–H and O–H groups in total. The minimum atomic E-state index is -0.737. The first-order valence-corrected chi connectivity index (χ1v) is 6.31. The Labute approximate surface area is 108 Å². The molecule has 0 bridgehead atoms. The minimum Gasteiger partial charge on any atom is -0.481 e. The highest BCUT2D eigenvalue weighted by Crippen LogP contribution is 2.33. The Bertz CT molecular complexity index is 409. The molecule has 0 saturated carbocycles. The van der Waals surface area contributed by atoms with Crippen molar-refractivity contribution in [1.82, 2.24) is 0 Å². The topological polar surface area (TPSA) is 37.3 Å². The monoisotopic (exact) mass is 254 g/mol. The Morgan fingerprint density at radius 3 is 2.35 bits per heavy atom. The van der Waals surface area contributed by atoms with Gasteiger partial charge in [-0.3, -0.25) is 4.79 Å². The third-order valence-electron chi connectivity index (χ3n) is 3.54. The molecule has 17 heavy (non-hydrogen) atoms. The summed E-state index contributed by atoms with van der Waals surface area (Å²) in [6.45, 7) is 5.80. The molecule has 1 rings (SSSR count). The summed E-state index contributed by atoms with van der Waals surface area (Å²) in [7, 11) is 0. The van der Waals surface area contributed by atoms with Crippen molar-refractivity contribution < 1.29 is 9.90 Å². The zero-order valence-corrected chi connectivity index (χ0v) is 11.3. The van der Waals surface area contributed by atoms with Crippen molar-refractivity contribution in [2.45, 2.75) is 40.0 Å². The fourth-order valence-electron chi connectivity index (χ4n) is 2.04. The molecule has 0 unspecified atom stereocenters. The first-order valence-electron chi connectivity index (χ1n) is 5.93. The van der Waals surface area contributed by atoms with Gasteiger partial charge in [-0.2, -0.15) is 0 Å². The van der Waals surface area contributed by atoms with Crippen LogP contribution in [0.15, 0.2) is 18.2 Å². The zero-order chi connectivity index (χ0) is 13.1. The number of carboxylic acid groups (broad SMARTS) is 1. The lowest BCUT2D eigenvalue weighted by molar-refractivity contribution is -0.149. The van der Waals surface area contributed by atoms with Crippen LogP contribution in [0, 0.1) is 12.3 Å². The van der Waals surface area contributed by atoms with Crippen molar-refractivity contribution in [1.29, 1.82) is 0 Å². The van der Waals surface area contributed by atoms with Gasteiger partial charge in [-0.1, -0.05) is 37.6 Å². The van der Waals surface area contributed by atoms with E-state index in [2.05, 4.69) is 0 Å². The summed E-state index contributed by atoms with van der Waals surface area (Å²) in [6, 6.07) is 5.79. The van der Waals surface area contributed by atoms with Crippen LogP contribution in [0.4, 0.5) is 0 Å². The van der Waals surface area contributed by atoms with E-state index in [9.17, 15) is 9.90 Å². The second kappa shape index (κ2) is 5.54. The SMILES string of the molecule is CCC(CC)(Cc1ccc(C)cc1Cl)C(=O)O. The van der Waals surface area contributed by atoms with Crippen LogP contribution < -0.4 is 0 Å². The van der Waals surface area contributed by atoms with Crippen LogP contribution in [-0.2, 0) is 11.2 Å². The van der Waals surface area contributed by atoms with Gasteiger partial charge in [0.25, 0.3) is 0 Å². The average Bonchev–Trinajstić information content (AvgIpc) is 2.28. The van der Waals surface area contributed by atoms with E-state index in [1.165, 1.54) is 0 Å². The van der Waals surface area contributed by atoms with Crippen LogP contribution in [0.1, 0.15) is 37.8 Å². The summed E-state index contributed by atoms with van der Waals surface area (Å²) in [5, 5.41) is 10.1. The average molecular weight is 255 g/mol. The summed E-state index contributed by atoms with van der Waals surface area (Å²) < 4.78 is 0. The van der Waals surface area contributed by atoms with E-state index in [-0.39, 0.29) is 0 Å². The Morgan fingerprint density at radius 2 is 1.94 bits per heavy atom. The van der Waals surface area contributed by atoms with Crippen LogP contribution in [0.25, 0.3) is 0 Å². The molecule has 94 valence electrons. The molecule has 1 aromatic carbocycles. The number of aliphatic carboxylic acids is 1. The standard InChI is InChI=1S/C14H19ClO2/c1-4-14(5-2,13(16)17)9-11-7-6-10(3)8-12(11)15/h6-8H,4-5,9H2,1-3H3,(H,16,17). The molecule has 0 saturated heterocycles. The van der Waals surface area contributed by atoms with Gasteiger partial charge < -0.3 is 5.11 Å². The predicted octanol–water partition coefficient (Wildman–Crippen LogP) is 4.08. The lowest BCUT2D eigenvalue weighted by atomic mass is 9.77. The number of hydrogen-bond acceptors (Lipinski definition) is 1. The van der Waals surface area contributed by atoms with Crippen molar-refractivity contribution in [3.05, 3.63) is 34.3 Å². The van der Waals surface area contributed by atoms with Crippen molar-refractivity contribution in [2.24, 2.45) is 5.41 Å². The largest absolute Gasteiger partial charge is 0.481 e. The summed E-state index contributed by atoms with van der Waals surface area (Å²) >= 11 is 6.16. The minimum absolute atomic E-state index is 0.494. The molecule has 0 amide bonds. The van der Waals surface area contributed by atoms with Crippen LogP contribution in [0.3, 0.4) is 0 Å². The maximum Gasteiger partial charge on any atom is 0.309 e. The van der Waals surface area contributed by atoms with Gasteiger partial charge in [0.1, 0.15) is 0 Å². The number of hydrogen-bond donors (Lipinski definition) is 1. The third-order valence-corrected chi connectivity index (χ3v) is 3.90. The molecule has 0 aliphatic heterocycles. The highest BCUT2D eigenvalue weighted by Gasteiger charge is 2.35. The number of carbonyl (C=O) groups is 1. The van der Waals surface area contributed by atoms with E-state index >= 15 is 0 Å². The fraction of sp³-hybridized carbons (Fsp3) is 0.500. The normalized spacial score (nSPS) is 11.5. The van der Waals surface area contributed by atoms with Gasteiger partial charge in [0.05, 0.1) is 5.41 Å². The summed E-state index contributed by atoms with van der Waals surface area (Å²) in [6.07, 6.45) is 1.72. The van der Waals surface area contributed by atoms with Gasteiger partial charge in [0.2, 0.25) is 0 Å². The molecule has 0 aliphatic carbocycles. The van der Waals surface area contributed by atoms with E-state index in [0.29, 0.717) is 24.3 Å². The third kappa shape index (κ3) is 3.01. The second-order valence-electron chi connectivity index (χ2n) is 4.56. The van der Waals surface area contributed by atoms with E-state index in [0.717, 1.165) is 11.1 Å². The van der Waals surface area contributed by atoms with E-state index in [4.69, 9.17) is 11.6 Å². The predicted molar refractivity (Wildman–Crippen MR) is 70.5 cm³/mol. The lowest BCUT2D eigenvalue weighted by Crippen LogP contribution is -2.32. The summed E-state index contributed by atoms with van der Waals surface area (Å²) in [4.78, 5) is 11.4. The Morgan fingerprint density at radius 1 is 1.35 bits per heavy atom. The van der Waals surface area contributed by atoms with E-state index in [1.54, 1.807) is 0 Å². The van der Waals surface area contributed by atoms with Gasteiger partial charge in [-0.25, -0.2) is 0 Å². The molecule has 0 radical (unpaired) electrons. The van der Waals surface area contributed by atoms with E-state index in [1.807, 2.05) is 39.0 Å². The lowest BCUT2D eigenvalue weighted by Gasteiger charge is -2.27.